The molecule has 32 heavy (non-hydrogen) atoms. The van der Waals surface area contributed by atoms with E-state index in [1.54, 1.807) is 0 Å². The quantitative estimate of drug-likeness (QED) is 0.526. The van der Waals surface area contributed by atoms with Crippen LogP contribution in [0.25, 0.3) is 0 Å². The van der Waals surface area contributed by atoms with E-state index in [2.05, 4.69) is 67.7 Å². The van der Waals surface area contributed by atoms with Gasteiger partial charge in [0.15, 0.2) is 5.96 Å². The van der Waals surface area contributed by atoms with Gasteiger partial charge in [0.1, 0.15) is 0 Å². The zero-order chi connectivity index (χ0) is 22.2. The van der Waals surface area contributed by atoms with E-state index in [4.69, 9.17) is 0 Å². The zero-order valence-corrected chi connectivity index (χ0v) is 20.4. The van der Waals surface area contributed by atoms with Gasteiger partial charge in [-0.15, -0.1) is 0 Å². The van der Waals surface area contributed by atoms with Crippen molar-refractivity contribution in [1.82, 2.24) is 25.3 Å². The first kappa shape index (κ1) is 23.5. The van der Waals surface area contributed by atoms with Gasteiger partial charge in [0, 0.05) is 44.8 Å². The first-order valence-electron chi connectivity index (χ1n) is 12.8. The van der Waals surface area contributed by atoms with Crippen LogP contribution >= 0.6 is 0 Å². The second kappa shape index (κ2) is 11.5. The molecular formula is C26H44N6. The molecule has 0 unspecified atom stereocenters. The van der Waals surface area contributed by atoms with E-state index >= 15 is 0 Å². The number of nitrogens with one attached hydrogen (secondary N) is 2. The third-order valence-electron chi connectivity index (χ3n) is 7.93. The number of aliphatic imine (C=N–C) groups is 1. The molecule has 0 saturated carbocycles. The van der Waals surface area contributed by atoms with E-state index in [0.29, 0.717) is 6.04 Å². The number of likely N-dealkylation sites (tertiary alicyclic amines) is 3. The summed E-state index contributed by atoms with van der Waals surface area (Å²) in [7, 11) is 4.18. The Morgan fingerprint density at radius 1 is 0.969 bits per heavy atom. The molecule has 1 aromatic carbocycles. The number of benzene rings is 1. The third kappa shape index (κ3) is 6.24. The monoisotopic (exact) mass is 440 g/mol. The molecule has 0 spiro atoms. The molecule has 4 rings (SSSR count). The summed E-state index contributed by atoms with van der Waals surface area (Å²) in [6.07, 6.45) is 8.96. The average Bonchev–Trinajstić information content (AvgIpc) is 2.85. The predicted octanol–water partition coefficient (Wildman–Crippen LogP) is 2.77. The van der Waals surface area contributed by atoms with Crippen LogP contribution in [0.3, 0.4) is 0 Å². The highest BCUT2D eigenvalue weighted by molar-refractivity contribution is 5.80. The van der Waals surface area contributed by atoms with Gasteiger partial charge in [-0.2, -0.15) is 0 Å². The number of rotatable bonds is 6. The third-order valence-corrected chi connectivity index (χ3v) is 7.93. The van der Waals surface area contributed by atoms with Crippen LogP contribution in [0.1, 0.15) is 50.5 Å². The van der Waals surface area contributed by atoms with Crippen molar-refractivity contribution in [3.8, 4) is 0 Å². The second-order valence-electron chi connectivity index (χ2n) is 10.2. The maximum absolute atomic E-state index is 4.60. The van der Waals surface area contributed by atoms with Crippen molar-refractivity contribution in [3.63, 3.8) is 0 Å². The Hall–Kier alpha value is -1.63. The first-order chi connectivity index (χ1) is 15.7. The molecule has 3 heterocycles. The fraction of sp³-hybridized carbons (Fsp3) is 0.731. The highest BCUT2D eigenvalue weighted by Gasteiger charge is 2.39. The molecule has 2 N–H and O–H groups in total. The van der Waals surface area contributed by atoms with Crippen molar-refractivity contribution in [3.05, 3.63) is 35.9 Å². The summed E-state index contributed by atoms with van der Waals surface area (Å²) in [6, 6.07) is 11.4. The molecular weight excluding hydrogens is 396 g/mol. The van der Waals surface area contributed by atoms with E-state index in [1.807, 2.05) is 7.05 Å². The fourth-order valence-electron chi connectivity index (χ4n) is 5.72. The largest absolute Gasteiger partial charge is 0.355 e. The normalized spacial score (nSPS) is 24.4. The van der Waals surface area contributed by atoms with Crippen molar-refractivity contribution >= 4 is 5.96 Å². The Bertz CT molecular complexity index is 698. The van der Waals surface area contributed by atoms with Crippen LogP contribution in [0.5, 0.6) is 0 Å². The molecule has 0 bridgehead atoms. The number of guanidine groups is 1. The van der Waals surface area contributed by atoms with Crippen LogP contribution in [0, 0.1) is 0 Å². The van der Waals surface area contributed by atoms with Crippen LogP contribution in [0.2, 0.25) is 0 Å². The molecule has 0 aliphatic carbocycles. The van der Waals surface area contributed by atoms with Gasteiger partial charge in [-0.3, -0.25) is 14.8 Å². The molecule has 0 aromatic heterocycles. The van der Waals surface area contributed by atoms with Gasteiger partial charge >= 0.3 is 0 Å². The summed E-state index contributed by atoms with van der Waals surface area (Å²) in [6.45, 7) is 9.28. The Balaban J connectivity index is 1.26. The lowest BCUT2D eigenvalue weighted by Gasteiger charge is -2.50. The topological polar surface area (TPSA) is 46.1 Å². The summed E-state index contributed by atoms with van der Waals surface area (Å²) >= 11 is 0. The molecule has 3 aliphatic heterocycles. The van der Waals surface area contributed by atoms with Gasteiger partial charge in [0.2, 0.25) is 0 Å². The van der Waals surface area contributed by atoms with Crippen LogP contribution < -0.4 is 10.6 Å². The lowest BCUT2D eigenvalue weighted by atomic mass is 9.84. The predicted molar refractivity (Wildman–Crippen MR) is 134 cm³/mol. The van der Waals surface area contributed by atoms with Gasteiger partial charge < -0.3 is 15.5 Å². The Morgan fingerprint density at radius 3 is 2.31 bits per heavy atom. The summed E-state index contributed by atoms with van der Waals surface area (Å²) in [5.74, 6) is 0.988. The molecule has 3 fully saturated rings. The van der Waals surface area contributed by atoms with Crippen LogP contribution in [0.4, 0.5) is 0 Å². The van der Waals surface area contributed by atoms with E-state index in [-0.39, 0.29) is 5.54 Å². The minimum Gasteiger partial charge on any atom is -0.355 e. The highest BCUT2D eigenvalue weighted by atomic mass is 15.3. The zero-order valence-electron chi connectivity index (χ0n) is 20.4. The smallest absolute Gasteiger partial charge is 0.191 e. The Labute approximate surface area is 195 Å². The number of hydrogen-bond donors (Lipinski definition) is 2. The Kier molecular flexibility index (Phi) is 8.44. The van der Waals surface area contributed by atoms with Gasteiger partial charge in [-0.1, -0.05) is 36.8 Å². The Morgan fingerprint density at radius 2 is 1.66 bits per heavy atom. The summed E-state index contributed by atoms with van der Waals surface area (Å²) in [5, 5.41) is 7.50. The SMILES string of the molecule is CN=C(NCC1(N2CCCCC2)CCN(C)CC1)NC1CCN(Cc2ccccc2)CC1. The highest BCUT2D eigenvalue weighted by Crippen LogP contribution is 2.30. The molecule has 0 atom stereocenters. The van der Waals surface area contributed by atoms with Crippen LogP contribution in [-0.2, 0) is 6.54 Å². The maximum atomic E-state index is 4.60. The summed E-state index contributed by atoms with van der Waals surface area (Å²) in [5.41, 5.74) is 1.70. The molecule has 3 saturated heterocycles. The standard InChI is InChI=1S/C26H44N6/c1-27-25(29-24-11-17-31(18-12-24)21-23-9-5-3-6-10-23)28-22-26(13-19-30(2)20-14-26)32-15-7-4-8-16-32/h3,5-6,9-10,24H,4,7-8,11-22H2,1-2H3,(H2,27,28,29). The molecule has 178 valence electrons. The minimum atomic E-state index is 0.281. The average molecular weight is 441 g/mol. The lowest BCUT2D eigenvalue weighted by molar-refractivity contribution is 0.0172. The molecule has 6 nitrogen and oxygen atoms in total. The summed E-state index contributed by atoms with van der Waals surface area (Å²) in [4.78, 5) is 12.5. The van der Waals surface area contributed by atoms with Crippen molar-refractivity contribution in [2.24, 2.45) is 4.99 Å². The van der Waals surface area contributed by atoms with Gasteiger partial charge in [-0.05, 0) is 77.3 Å². The lowest BCUT2D eigenvalue weighted by Crippen LogP contribution is -2.62. The molecule has 0 amide bonds. The molecule has 1 aromatic rings. The van der Waals surface area contributed by atoms with Crippen molar-refractivity contribution in [2.45, 2.75) is 63.1 Å². The van der Waals surface area contributed by atoms with E-state index in [9.17, 15) is 0 Å². The number of hydrogen-bond acceptors (Lipinski definition) is 4. The van der Waals surface area contributed by atoms with E-state index < -0.39 is 0 Å². The van der Waals surface area contributed by atoms with Crippen molar-refractivity contribution in [1.29, 1.82) is 0 Å². The van der Waals surface area contributed by atoms with Gasteiger partial charge in [-0.25, -0.2) is 0 Å². The van der Waals surface area contributed by atoms with Gasteiger partial charge in [0.05, 0.1) is 0 Å². The fourth-order valence-corrected chi connectivity index (χ4v) is 5.72. The second-order valence-corrected chi connectivity index (χ2v) is 10.2. The molecule has 6 heteroatoms. The first-order valence-corrected chi connectivity index (χ1v) is 12.8. The van der Waals surface area contributed by atoms with E-state index in [0.717, 1.165) is 32.1 Å². The van der Waals surface area contributed by atoms with Crippen molar-refractivity contribution < 1.29 is 0 Å². The van der Waals surface area contributed by atoms with Crippen LogP contribution in [0.15, 0.2) is 35.3 Å². The van der Waals surface area contributed by atoms with Gasteiger partial charge in [0.25, 0.3) is 0 Å². The van der Waals surface area contributed by atoms with E-state index in [1.165, 1.54) is 76.7 Å². The number of piperidine rings is 3. The molecule has 0 radical (unpaired) electrons. The van der Waals surface area contributed by atoms with Crippen LogP contribution in [-0.4, -0.2) is 92.1 Å². The number of nitrogens with zero attached hydrogens (tertiary/aromatic N) is 4. The molecule has 3 aliphatic rings. The van der Waals surface area contributed by atoms with Crippen molar-refractivity contribution in [2.75, 3.05) is 59.9 Å². The maximum Gasteiger partial charge on any atom is 0.191 e. The minimum absolute atomic E-state index is 0.281. The summed E-state index contributed by atoms with van der Waals surface area (Å²) < 4.78 is 0.